The Balaban J connectivity index is 1.51. The molecule has 0 saturated carbocycles. The first kappa shape index (κ1) is 16.1. The number of fused-ring (bicyclic) bond motifs is 2. The quantitative estimate of drug-likeness (QED) is 0.803. The van der Waals surface area contributed by atoms with Crippen LogP contribution < -0.4 is 10.6 Å². The van der Waals surface area contributed by atoms with E-state index in [0.29, 0.717) is 18.5 Å². The van der Waals surface area contributed by atoms with Crippen LogP contribution in [0.25, 0.3) is 11.1 Å². The second-order valence-electron chi connectivity index (χ2n) is 7.28. The van der Waals surface area contributed by atoms with Crippen LogP contribution in [0.5, 0.6) is 0 Å². The molecule has 6 heteroatoms. The number of nitrogens with zero attached hydrogens (tertiary/aromatic N) is 1. The van der Waals surface area contributed by atoms with Gasteiger partial charge in [-0.1, -0.05) is 18.2 Å². The summed E-state index contributed by atoms with van der Waals surface area (Å²) in [6.45, 7) is 1.35. The van der Waals surface area contributed by atoms with Crippen LogP contribution in [0.2, 0.25) is 0 Å². The van der Waals surface area contributed by atoms with Crippen molar-refractivity contribution < 1.29 is 14.4 Å². The molecule has 3 amide bonds. The highest BCUT2D eigenvalue weighted by Gasteiger charge is 2.39. The molecule has 1 unspecified atom stereocenters. The van der Waals surface area contributed by atoms with Crippen LogP contribution in [0.4, 0.5) is 5.69 Å². The van der Waals surface area contributed by atoms with Gasteiger partial charge in [-0.15, -0.1) is 0 Å². The third-order valence-electron chi connectivity index (χ3n) is 5.71. The van der Waals surface area contributed by atoms with Gasteiger partial charge in [-0.05, 0) is 53.3 Å². The van der Waals surface area contributed by atoms with Gasteiger partial charge in [0.05, 0.1) is 0 Å². The topological polar surface area (TPSA) is 78.5 Å². The number of anilines is 1. The van der Waals surface area contributed by atoms with Crippen LogP contribution in [-0.4, -0.2) is 35.2 Å². The number of imide groups is 1. The maximum absolute atomic E-state index is 12.9. The molecule has 3 aliphatic heterocycles. The number of nitrogens with one attached hydrogen (secondary N) is 2. The minimum Gasteiger partial charge on any atom is -0.384 e. The average Bonchev–Trinajstić information content (AvgIpc) is 3.26. The lowest BCUT2D eigenvalue weighted by Gasteiger charge is -2.29. The van der Waals surface area contributed by atoms with Crippen molar-refractivity contribution in [3.05, 3.63) is 53.1 Å². The highest BCUT2D eigenvalue weighted by atomic mass is 16.2. The average molecular weight is 361 g/mol. The van der Waals surface area contributed by atoms with Crippen molar-refractivity contribution in [2.75, 3.05) is 11.9 Å². The van der Waals surface area contributed by atoms with E-state index >= 15 is 0 Å². The third-order valence-corrected chi connectivity index (χ3v) is 5.71. The first-order valence-corrected chi connectivity index (χ1v) is 9.25. The van der Waals surface area contributed by atoms with Crippen LogP contribution in [0, 0.1) is 0 Å². The standard InChI is InChI=1S/C21H19N3O3/c25-19-7-6-18(20(26)23-19)24-11-16-14(2-1-3-15(16)21(24)27)12-4-5-17-13(10-12)8-9-22-17/h1-5,10,18,22H,6-9,11H2,(H,23,25,26). The first-order chi connectivity index (χ1) is 13.1. The second kappa shape index (κ2) is 5.94. The Morgan fingerprint density at radius 2 is 1.85 bits per heavy atom. The highest BCUT2D eigenvalue weighted by molar-refractivity contribution is 6.06. The van der Waals surface area contributed by atoms with Gasteiger partial charge in [-0.3, -0.25) is 19.7 Å². The van der Waals surface area contributed by atoms with Crippen molar-refractivity contribution in [1.29, 1.82) is 0 Å². The van der Waals surface area contributed by atoms with Gasteiger partial charge in [-0.25, -0.2) is 0 Å². The number of rotatable bonds is 2. The fraction of sp³-hybridized carbons (Fsp3) is 0.286. The van der Waals surface area contributed by atoms with E-state index in [9.17, 15) is 14.4 Å². The molecule has 1 saturated heterocycles. The van der Waals surface area contributed by atoms with Crippen molar-refractivity contribution in [2.45, 2.75) is 31.8 Å². The predicted molar refractivity (Wildman–Crippen MR) is 100 cm³/mol. The molecule has 5 rings (SSSR count). The maximum atomic E-state index is 12.9. The van der Waals surface area contributed by atoms with Crippen molar-refractivity contribution in [2.24, 2.45) is 0 Å². The number of amides is 3. The van der Waals surface area contributed by atoms with Gasteiger partial charge in [0.2, 0.25) is 11.8 Å². The largest absolute Gasteiger partial charge is 0.384 e. The van der Waals surface area contributed by atoms with Gasteiger partial charge in [0.25, 0.3) is 5.91 Å². The van der Waals surface area contributed by atoms with E-state index in [1.54, 1.807) is 4.90 Å². The predicted octanol–water partition coefficient (Wildman–Crippen LogP) is 2.08. The van der Waals surface area contributed by atoms with Crippen LogP contribution in [0.3, 0.4) is 0 Å². The van der Waals surface area contributed by atoms with E-state index in [0.717, 1.165) is 29.7 Å². The molecule has 3 aliphatic rings. The van der Waals surface area contributed by atoms with Crippen LogP contribution in [0.15, 0.2) is 36.4 Å². The summed E-state index contributed by atoms with van der Waals surface area (Å²) in [5.41, 5.74) is 6.19. The number of benzene rings is 2. The summed E-state index contributed by atoms with van der Waals surface area (Å²) >= 11 is 0. The van der Waals surface area contributed by atoms with Crippen molar-refractivity contribution in [3.63, 3.8) is 0 Å². The number of carbonyl (C=O) groups is 3. The fourth-order valence-electron chi connectivity index (χ4n) is 4.33. The fourth-order valence-corrected chi connectivity index (χ4v) is 4.33. The molecule has 6 nitrogen and oxygen atoms in total. The summed E-state index contributed by atoms with van der Waals surface area (Å²) in [6.07, 6.45) is 1.64. The van der Waals surface area contributed by atoms with Gasteiger partial charge in [-0.2, -0.15) is 0 Å². The molecule has 2 N–H and O–H groups in total. The molecule has 0 bridgehead atoms. The zero-order valence-electron chi connectivity index (χ0n) is 14.7. The Morgan fingerprint density at radius 3 is 2.70 bits per heavy atom. The van der Waals surface area contributed by atoms with E-state index in [1.807, 2.05) is 18.2 Å². The summed E-state index contributed by atoms with van der Waals surface area (Å²) in [4.78, 5) is 38.2. The lowest BCUT2D eigenvalue weighted by Crippen LogP contribution is -2.52. The lowest BCUT2D eigenvalue weighted by molar-refractivity contribution is -0.136. The van der Waals surface area contributed by atoms with Crippen molar-refractivity contribution in [1.82, 2.24) is 10.2 Å². The Kier molecular flexibility index (Phi) is 3.53. The summed E-state index contributed by atoms with van der Waals surface area (Å²) in [6, 6.07) is 11.5. The molecule has 1 fully saturated rings. The van der Waals surface area contributed by atoms with E-state index in [2.05, 4.69) is 28.8 Å². The number of piperidine rings is 1. The summed E-state index contributed by atoms with van der Waals surface area (Å²) in [5, 5.41) is 5.71. The molecule has 136 valence electrons. The maximum Gasteiger partial charge on any atom is 0.255 e. The Hall–Kier alpha value is -3.15. The summed E-state index contributed by atoms with van der Waals surface area (Å²) in [5.74, 6) is -0.783. The van der Waals surface area contributed by atoms with Gasteiger partial charge < -0.3 is 10.2 Å². The van der Waals surface area contributed by atoms with Crippen LogP contribution in [0.1, 0.15) is 34.3 Å². The van der Waals surface area contributed by atoms with Crippen molar-refractivity contribution >= 4 is 23.4 Å². The molecule has 2 aromatic rings. The van der Waals surface area contributed by atoms with Gasteiger partial charge in [0.15, 0.2) is 0 Å². The van der Waals surface area contributed by atoms with E-state index in [4.69, 9.17) is 0 Å². The van der Waals surface area contributed by atoms with Crippen LogP contribution in [-0.2, 0) is 22.6 Å². The molecule has 27 heavy (non-hydrogen) atoms. The first-order valence-electron chi connectivity index (χ1n) is 9.25. The minimum absolute atomic E-state index is 0.135. The zero-order valence-corrected chi connectivity index (χ0v) is 14.7. The van der Waals surface area contributed by atoms with Gasteiger partial charge in [0, 0.05) is 30.8 Å². The number of carbonyl (C=O) groups excluding carboxylic acids is 3. The third kappa shape index (κ3) is 2.51. The molecule has 0 spiro atoms. The zero-order chi connectivity index (χ0) is 18.5. The van der Waals surface area contributed by atoms with Crippen LogP contribution >= 0.6 is 0 Å². The normalized spacial score (nSPS) is 21.0. The molecule has 0 aliphatic carbocycles. The molecule has 0 radical (unpaired) electrons. The Bertz CT molecular complexity index is 998. The molecule has 2 aromatic carbocycles. The van der Waals surface area contributed by atoms with Crippen molar-refractivity contribution in [3.8, 4) is 11.1 Å². The number of hydrogen-bond donors (Lipinski definition) is 2. The van der Waals surface area contributed by atoms with E-state index in [1.165, 1.54) is 11.3 Å². The van der Waals surface area contributed by atoms with Gasteiger partial charge >= 0.3 is 0 Å². The number of hydrogen-bond acceptors (Lipinski definition) is 4. The lowest BCUT2D eigenvalue weighted by atomic mass is 9.95. The molecule has 0 aromatic heterocycles. The minimum atomic E-state index is -0.584. The second-order valence-corrected chi connectivity index (χ2v) is 7.28. The Labute approximate surface area is 156 Å². The monoisotopic (exact) mass is 361 g/mol. The smallest absolute Gasteiger partial charge is 0.255 e. The molecule has 3 heterocycles. The molecular formula is C21H19N3O3. The summed E-state index contributed by atoms with van der Waals surface area (Å²) < 4.78 is 0. The Morgan fingerprint density at radius 1 is 1.00 bits per heavy atom. The van der Waals surface area contributed by atoms with E-state index in [-0.39, 0.29) is 24.1 Å². The highest BCUT2D eigenvalue weighted by Crippen LogP contribution is 2.36. The van der Waals surface area contributed by atoms with E-state index < -0.39 is 6.04 Å². The SMILES string of the molecule is O=C1CCC(N2Cc3c(cccc3-c3ccc4c(c3)CCN4)C2=O)C(=O)N1. The molecular weight excluding hydrogens is 342 g/mol. The molecule has 1 atom stereocenters. The summed E-state index contributed by atoms with van der Waals surface area (Å²) in [7, 11) is 0. The van der Waals surface area contributed by atoms with Gasteiger partial charge in [0.1, 0.15) is 6.04 Å².